The van der Waals surface area contributed by atoms with Gasteiger partial charge in [0.15, 0.2) is 0 Å². The van der Waals surface area contributed by atoms with E-state index in [1.165, 1.54) is 12.1 Å². The summed E-state index contributed by atoms with van der Waals surface area (Å²) in [4.78, 5) is 19.4. The van der Waals surface area contributed by atoms with Crippen LogP contribution in [0, 0.1) is 12.7 Å². The van der Waals surface area contributed by atoms with Crippen LogP contribution >= 0.6 is 0 Å². The summed E-state index contributed by atoms with van der Waals surface area (Å²) in [7, 11) is 1.60. The van der Waals surface area contributed by atoms with Crippen LogP contribution in [0.2, 0.25) is 0 Å². The van der Waals surface area contributed by atoms with Gasteiger partial charge in [0, 0.05) is 5.56 Å². The molecule has 0 radical (unpaired) electrons. The Morgan fingerprint density at radius 3 is 2.21 bits per heavy atom. The van der Waals surface area contributed by atoms with Crippen molar-refractivity contribution in [2.45, 2.75) is 6.92 Å². The van der Waals surface area contributed by atoms with Crippen molar-refractivity contribution in [2.75, 3.05) is 12.0 Å². The van der Waals surface area contributed by atoms with E-state index in [1.54, 1.807) is 42.4 Å². The minimum absolute atomic E-state index is 0.241. The number of carbonyl (C=O) groups is 1. The minimum Gasteiger partial charge on any atom is -0.497 e. The van der Waals surface area contributed by atoms with Crippen molar-refractivity contribution in [3.8, 4) is 5.75 Å². The minimum atomic E-state index is -0.325. The molecule has 0 unspecified atom stereocenters. The predicted octanol–water partition coefficient (Wildman–Crippen LogP) is 4.98. The molecule has 3 aromatic carbocycles. The zero-order valence-electron chi connectivity index (χ0n) is 16.1. The maximum absolute atomic E-state index is 13.2. The average molecular weight is 386 g/mol. The van der Waals surface area contributed by atoms with Crippen molar-refractivity contribution in [3.63, 3.8) is 0 Å². The highest BCUT2D eigenvalue weighted by Gasteiger charge is 2.32. The number of amidine groups is 1. The van der Waals surface area contributed by atoms with Crippen LogP contribution in [-0.4, -0.2) is 18.9 Å². The molecule has 0 N–H and O–H groups in total. The zero-order chi connectivity index (χ0) is 20.4. The largest absolute Gasteiger partial charge is 0.497 e. The molecule has 0 aromatic heterocycles. The number of benzene rings is 3. The highest BCUT2D eigenvalue weighted by atomic mass is 19.1. The van der Waals surface area contributed by atoms with Crippen LogP contribution in [-0.2, 0) is 4.79 Å². The summed E-state index contributed by atoms with van der Waals surface area (Å²) >= 11 is 0. The number of nitrogens with zero attached hydrogens (tertiary/aromatic N) is 2. The number of halogens is 1. The molecular weight excluding hydrogens is 367 g/mol. The van der Waals surface area contributed by atoms with Gasteiger partial charge in [-0.1, -0.05) is 42.0 Å². The molecular formula is C24H19FN2O2. The number of aryl methyl sites for hydroxylation is 1. The Morgan fingerprint density at radius 1 is 0.931 bits per heavy atom. The number of anilines is 1. The molecule has 0 bridgehead atoms. The lowest BCUT2D eigenvalue weighted by Gasteiger charge is -2.19. The summed E-state index contributed by atoms with van der Waals surface area (Å²) in [6.45, 7) is 2.01. The molecule has 0 saturated heterocycles. The molecule has 0 aliphatic carbocycles. The Labute approximate surface area is 168 Å². The molecule has 1 heterocycles. The van der Waals surface area contributed by atoms with Crippen LogP contribution in [0.1, 0.15) is 16.7 Å². The Hall–Kier alpha value is -3.73. The third kappa shape index (κ3) is 3.80. The van der Waals surface area contributed by atoms with Crippen molar-refractivity contribution in [1.29, 1.82) is 0 Å². The number of carbonyl (C=O) groups excluding carboxylic acids is 1. The summed E-state index contributed by atoms with van der Waals surface area (Å²) in [6, 6.07) is 21.1. The van der Waals surface area contributed by atoms with E-state index in [2.05, 4.69) is 4.99 Å². The molecule has 4 rings (SSSR count). The van der Waals surface area contributed by atoms with Gasteiger partial charge in [-0.05, 0) is 55.0 Å². The molecule has 1 aliphatic heterocycles. The van der Waals surface area contributed by atoms with Crippen LogP contribution in [0.3, 0.4) is 0 Å². The maximum Gasteiger partial charge on any atom is 0.282 e. The van der Waals surface area contributed by atoms with Gasteiger partial charge in [0.2, 0.25) is 0 Å². The molecule has 0 saturated carbocycles. The smallest absolute Gasteiger partial charge is 0.282 e. The van der Waals surface area contributed by atoms with Crippen molar-refractivity contribution in [2.24, 2.45) is 4.99 Å². The summed E-state index contributed by atoms with van der Waals surface area (Å²) in [6.07, 6.45) is 1.67. The van der Waals surface area contributed by atoms with Crippen molar-refractivity contribution >= 4 is 23.5 Å². The standard InChI is InChI=1S/C24H19FN2O2/c1-16-3-7-18(8-4-16)23-26-22(15-17-5-9-19(25)10-6-17)24(28)27(23)20-11-13-21(29-2)14-12-20/h3-15H,1-2H3/b22-15+. The summed E-state index contributed by atoms with van der Waals surface area (Å²) in [5.74, 6) is 0.688. The quantitative estimate of drug-likeness (QED) is 0.594. The fourth-order valence-electron chi connectivity index (χ4n) is 3.10. The lowest BCUT2D eigenvalue weighted by atomic mass is 10.1. The number of ether oxygens (including phenoxy) is 1. The normalized spacial score (nSPS) is 15.0. The highest BCUT2D eigenvalue weighted by Crippen LogP contribution is 2.29. The second-order valence-corrected chi connectivity index (χ2v) is 6.72. The van der Waals surface area contributed by atoms with E-state index >= 15 is 0 Å². The van der Waals surface area contributed by atoms with Gasteiger partial charge in [0.05, 0.1) is 12.8 Å². The first kappa shape index (κ1) is 18.6. The van der Waals surface area contributed by atoms with Gasteiger partial charge in [0.1, 0.15) is 23.1 Å². The molecule has 144 valence electrons. The molecule has 0 spiro atoms. The van der Waals surface area contributed by atoms with Crippen molar-refractivity contribution in [3.05, 3.63) is 101 Å². The monoisotopic (exact) mass is 386 g/mol. The highest BCUT2D eigenvalue weighted by molar-refractivity contribution is 6.33. The summed E-state index contributed by atoms with van der Waals surface area (Å²) < 4.78 is 18.4. The van der Waals surface area contributed by atoms with E-state index in [0.29, 0.717) is 28.5 Å². The zero-order valence-corrected chi connectivity index (χ0v) is 16.1. The number of rotatable bonds is 4. The van der Waals surface area contributed by atoms with E-state index in [9.17, 15) is 9.18 Å². The van der Waals surface area contributed by atoms with E-state index in [-0.39, 0.29) is 11.7 Å². The summed E-state index contributed by atoms with van der Waals surface area (Å²) in [5.41, 5.74) is 3.65. The first-order chi connectivity index (χ1) is 14.0. The van der Waals surface area contributed by atoms with Crippen LogP contribution in [0.25, 0.3) is 6.08 Å². The van der Waals surface area contributed by atoms with Crippen molar-refractivity contribution in [1.82, 2.24) is 0 Å². The molecule has 1 aliphatic rings. The molecule has 4 nitrogen and oxygen atoms in total. The predicted molar refractivity (Wildman–Crippen MR) is 113 cm³/mol. The summed E-state index contributed by atoms with van der Waals surface area (Å²) in [5, 5.41) is 0. The molecule has 29 heavy (non-hydrogen) atoms. The van der Waals surface area contributed by atoms with Crippen LogP contribution in [0.4, 0.5) is 10.1 Å². The van der Waals surface area contributed by atoms with Crippen LogP contribution < -0.4 is 9.64 Å². The van der Waals surface area contributed by atoms with Gasteiger partial charge in [-0.3, -0.25) is 9.69 Å². The van der Waals surface area contributed by atoms with Crippen LogP contribution in [0.15, 0.2) is 83.5 Å². The van der Waals surface area contributed by atoms with Crippen LogP contribution in [0.5, 0.6) is 5.75 Å². The number of aliphatic imine (C=N–C) groups is 1. The van der Waals surface area contributed by atoms with Gasteiger partial charge in [-0.15, -0.1) is 0 Å². The molecule has 0 atom stereocenters. The molecule has 0 fully saturated rings. The lowest BCUT2D eigenvalue weighted by Crippen LogP contribution is -2.32. The lowest BCUT2D eigenvalue weighted by molar-refractivity contribution is -0.113. The maximum atomic E-state index is 13.2. The Kier molecular flexibility index (Phi) is 4.96. The number of methoxy groups -OCH3 is 1. The Balaban J connectivity index is 1.79. The van der Waals surface area contributed by atoms with E-state index in [0.717, 1.165) is 11.1 Å². The van der Waals surface area contributed by atoms with Crippen molar-refractivity contribution < 1.29 is 13.9 Å². The molecule has 1 amide bonds. The second-order valence-electron chi connectivity index (χ2n) is 6.72. The van der Waals surface area contributed by atoms with E-state index in [1.807, 2.05) is 43.3 Å². The van der Waals surface area contributed by atoms with E-state index in [4.69, 9.17) is 4.74 Å². The second kappa shape index (κ2) is 7.72. The molecule has 5 heteroatoms. The number of amides is 1. The number of hydrogen-bond acceptors (Lipinski definition) is 3. The Morgan fingerprint density at radius 2 is 1.59 bits per heavy atom. The molecule has 3 aromatic rings. The van der Waals surface area contributed by atoms with Gasteiger partial charge in [-0.25, -0.2) is 9.38 Å². The van der Waals surface area contributed by atoms with Gasteiger partial charge in [-0.2, -0.15) is 0 Å². The fraction of sp³-hybridized carbons (Fsp3) is 0.0833. The average Bonchev–Trinajstić information content (AvgIpc) is 3.06. The van der Waals surface area contributed by atoms with Gasteiger partial charge < -0.3 is 4.74 Å². The van der Waals surface area contributed by atoms with Gasteiger partial charge >= 0.3 is 0 Å². The topological polar surface area (TPSA) is 41.9 Å². The third-order valence-corrected chi connectivity index (χ3v) is 4.67. The number of hydrogen-bond donors (Lipinski definition) is 0. The fourth-order valence-corrected chi connectivity index (χ4v) is 3.10. The van der Waals surface area contributed by atoms with Gasteiger partial charge in [0.25, 0.3) is 5.91 Å². The first-order valence-electron chi connectivity index (χ1n) is 9.16. The van der Waals surface area contributed by atoms with E-state index < -0.39 is 0 Å². The third-order valence-electron chi connectivity index (χ3n) is 4.67. The Bertz CT molecular complexity index is 1100. The first-order valence-corrected chi connectivity index (χ1v) is 9.16. The SMILES string of the molecule is COc1ccc(N2C(=O)/C(=C\c3ccc(F)cc3)N=C2c2ccc(C)cc2)cc1.